The molecule has 5 heteroatoms. The van der Waals surface area contributed by atoms with Gasteiger partial charge in [0.05, 0.1) is 5.39 Å². The first-order valence-electron chi connectivity index (χ1n) is 6.05. The minimum atomic E-state index is -0.111. The number of nitrogens with zero attached hydrogens (tertiary/aromatic N) is 4. The van der Waals surface area contributed by atoms with Gasteiger partial charge >= 0.3 is 0 Å². The van der Waals surface area contributed by atoms with Crippen molar-refractivity contribution in [1.82, 2.24) is 19.6 Å². The van der Waals surface area contributed by atoms with Crippen molar-refractivity contribution in [2.45, 2.75) is 6.92 Å². The van der Waals surface area contributed by atoms with Crippen LogP contribution in [0.3, 0.4) is 0 Å². The average Bonchev–Trinajstić information content (AvgIpc) is 2.71. The number of benzene rings is 1. The Balaban J connectivity index is 2.48. The molecule has 2 aromatic heterocycles. The summed E-state index contributed by atoms with van der Waals surface area (Å²) < 4.78 is 3.10. The highest BCUT2D eigenvalue weighted by atomic mass is 16.1. The molecule has 0 amide bonds. The number of fused-ring (bicyclic) bond motifs is 1. The first kappa shape index (κ1) is 11.6. The lowest BCUT2D eigenvalue weighted by Gasteiger charge is -2.04. The molecule has 0 radical (unpaired) electrons. The Labute approximate surface area is 110 Å². The average molecular weight is 254 g/mol. The molecule has 0 saturated carbocycles. The van der Waals surface area contributed by atoms with Gasteiger partial charge in [-0.25, -0.2) is 4.68 Å². The van der Waals surface area contributed by atoms with Crippen LogP contribution in [0, 0.1) is 6.92 Å². The minimum Gasteiger partial charge on any atom is -0.271 e. The highest BCUT2D eigenvalue weighted by molar-refractivity contribution is 5.92. The quantitative estimate of drug-likeness (QED) is 0.663. The summed E-state index contributed by atoms with van der Waals surface area (Å²) in [6.07, 6.45) is 0. The molecular weight excluding hydrogens is 240 g/mol. The molecule has 0 N–H and O–H groups in total. The van der Waals surface area contributed by atoms with Crippen LogP contribution in [-0.4, -0.2) is 19.6 Å². The molecule has 0 unspecified atom stereocenters. The van der Waals surface area contributed by atoms with Crippen molar-refractivity contribution < 1.29 is 0 Å². The normalized spacial score (nSPS) is 11.1. The molecule has 0 fully saturated rings. The van der Waals surface area contributed by atoms with Gasteiger partial charge in [-0.05, 0) is 6.92 Å². The Hall–Kier alpha value is -2.43. The molecule has 96 valence electrons. The van der Waals surface area contributed by atoms with E-state index < -0.39 is 0 Å². The standard InChI is InChI=1S/C14H14N4O/c1-9-11-13(16-17(9)2)12(15-18(3)14(11)19)10-7-5-4-6-8-10/h4-8H,1-3H3. The fourth-order valence-corrected chi connectivity index (χ4v) is 2.23. The van der Waals surface area contributed by atoms with Crippen molar-refractivity contribution in [3.63, 3.8) is 0 Å². The lowest BCUT2D eigenvalue weighted by Crippen LogP contribution is -2.20. The summed E-state index contributed by atoms with van der Waals surface area (Å²) in [6.45, 7) is 1.89. The van der Waals surface area contributed by atoms with Gasteiger partial charge < -0.3 is 0 Å². The van der Waals surface area contributed by atoms with Crippen LogP contribution in [0.1, 0.15) is 5.69 Å². The zero-order chi connectivity index (χ0) is 13.6. The molecule has 3 aromatic rings. The van der Waals surface area contributed by atoms with Crippen LogP contribution in [-0.2, 0) is 14.1 Å². The second kappa shape index (κ2) is 4.05. The molecule has 19 heavy (non-hydrogen) atoms. The first-order valence-corrected chi connectivity index (χ1v) is 6.05. The summed E-state index contributed by atoms with van der Waals surface area (Å²) >= 11 is 0. The minimum absolute atomic E-state index is 0.111. The summed E-state index contributed by atoms with van der Waals surface area (Å²) in [5.41, 5.74) is 3.10. The van der Waals surface area contributed by atoms with E-state index in [1.165, 1.54) is 4.68 Å². The van der Waals surface area contributed by atoms with E-state index in [0.717, 1.165) is 17.0 Å². The zero-order valence-corrected chi connectivity index (χ0v) is 11.1. The Morgan fingerprint density at radius 1 is 1.00 bits per heavy atom. The van der Waals surface area contributed by atoms with Gasteiger partial charge in [-0.3, -0.25) is 9.48 Å². The molecule has 0 aliphatic heterocycles. The van der Waals surface area contributed by atoms with Gasteiger partial charge in [-0.1, -0.05) is 30.3 Å². The third kappa shape index (κ3) is 1.66. The third-order valence-corrected chi connectivity index (χ3v) is 3.36. The van der Waals surface area contributed by atoms with Crippen molar-refractivity contribution >= 4 is 10.9 Å². The van der Waals surface area contributed by atoms with Crippen molar-refractivity contribution in [1.29, 1.82) is 0 Å². The smallest absolute Gasteiger partial charge is 0.271 e. The van der Waals surface area contributed by atoms with E-state index in [9.17, 15) is 4.79 Å². The van der Waals surface area contributed by atoms with Gasteiger partial charge in [0, 0.05) is 25.4 Å². The van der Waals surface area contributed by atoms with Crippen LogP contribution in [0.5, 0.6) is 0 Å². The summed E-state index contributed by atoms with van der Waals surface area (Å²) in [5, 5.41) is 9.42. The predicted octanol–water partition coefficient (Wildman–Crippen LogP) is 1.64. The Morgan fingerprint density at radius 3 is 2.37 bits per heavy atom. The van der Waals surface area contributed by atoms with Crippen LogP contribution >= 0.6 is 0 Å². The number of rotatable bonds is 1. The van der Waals surface area contributed by atoms with Gasteiger partial charge in [0.2, 0.25) is 0 Å². The molecule has 2 heterocycles. The van der Waals surface area contributed by atoms with Gasteiger partial charge in [0.1, 0.15) is 11.2 Å². The molecule has 0 bridgehead atoms. The summed E-state index contributed by atoms with van der Waals surface area (Å²) in [5.74, 6) is 0. The van der Waals surface area contributed by atoms with Crippen LogP contribution < -0.4 is 5.56 Å². The second-order valence-electron chi connectivity index (χ2n) is 4.58. The molecule has 1 aromatic carbocycles. The predicted molar refractivity (Wildman–Crippen MR) is 73.9 cm³/mol. The van der Waals surface area contributed by atoms with Crippen LogP contribution in [0.4, 0.5) is 0 Å². The zero-order valence-electron chi connectivity index (χ0n) is 11.1. The van der Waals surface area contributed by atoms with Crippen molar-refractivity contribution in [2.75, 3.05) is 0 Å². The summed E-state index contributed by atoms with van der Waals surface area (Å²) in [7, 11) is 3.50. The molecule has 3 rings (SSSR count). The maximum atomic E-state index is 12.2. The molecule has 0 spiro atoms. The first-order chi connectivity index (χ1) is 9.09. The van der Waals surface area contributed by atoms with E-state index in [1.54, 1.807) is 11.7 Å². The van der Waals surface area contributed by atoms with Crippen LogP contribution in [0.15, 0.2) is 35.1 Å². The molecule has 0 saturated heterocycles. The van der Waals surface area contributed by atoms with E-state index >= 15 is 0 Å². The SMILES string of the molecule is Cc1c2c(=O)n(C)nc(-c3ccccc3)c2nn1C. The molecule has 0 aliphatic rings. The van der Waals surface area contributed by atoms with Gasteiger partial charge in [-0.15, -0.1) is 0 Å². The van der Waals surface area contributed by atoms with E-state index in [0.29, 0.717) is 10.9 Å². The topological polar surface area (TPSA) is 52.7 Å². The van der Waals surface area contributed by atoms with Crippen LogP contribution in [0.2, 0.25) is 0 Å². The Morgan fingerprint density at radius 2 is 1.68 bits per heavy atom. The monoisotopic (exact) mass is 254 g/mol. The lowest BCUT2D eigenvalue weighted by atomic mass is 10.1. The van der Waals surface area contributed by atoms with Gasteiger partial charge in [0.15, 0.2) is 0 Å². The molecule has 0 aliphatic carbocycles. The summed E-state index contributed by atoms with van der Waals surface area (Å²) in [4.78, 5) is 12.2. The van der Waals surface area contributed by atoms with Crippen LogP contribution in [0.25, 0.3) is 22.2 Å². The maximum Gasteiger partial charge on any atom is 0.277 e. The highest BCUT2D eigenvalue weighted by Gasteiger charge is 2.16. The van der Waals surface area contributed by atoms with Crippen molar-refractivity contribution in [3.8, 4) is 11.3 Å². The highest BCUT2D eigenvalue weighted by Crippen LogP contribution is 2.24. The second-order valence-corrected chi connectivity index (χ2v) is 4.58. The van der Waals surface area contributed by atoms with E-state index in [-0.39, 0.29) is 5.56 Å². The number of aryl methyl sites for hydroxylation is 3. The molecule has 0 atom stereocenters. The van der Waals surface area contributed by atoms with Crippen molar-refractivity contribution in [2.24, 2.45) is 14.1 Å². The number of aromatic nitrogens is 4. The van der Waals surface area contributed by atoms with Crippen molar-refractivity contribution in [3.05, 3.63) is 46.4 Å². The van der Waals surface area contributed by atoms with E-state index in [1.807, 2.05) is 44.3 Å². The number of hydrogen-bond donors (Lipinski definition) is 0. The third-order valence-electron chi connectivity index (χ3n) is 3.36. The fourth-order valence-electron chi connectivity index (χ4n) is 2.23. The molecule has 5 nitrogen and oxygen atoms in total. The van der Waals surface area contributed by atoms with E-state index in [4.69, 9.17) is 0 Å². The van der Waals surface area contributed by atoms with Gasteiger partial charge in [-0.2, -0.15) is 10.2 Å². The Kier molecular flexibility index (Phi) is 2.48. The fraction of sp³-hybridized carbons (Fsp3) is 0.214. The summed E-state index contributed by atoms with van der Waals surface area (Å²) in [6, 6.07) is 9.78. The number of hydrogen-bond acceptors (Lipinski definition) is 3. The lowest BCUT2D eigenvalue weighted by molar-refractivity contribution is 0.722. The van der Waals surface area contributed by atoms with Gasteiger partial charge in [0.25, 0.3) is 5.56 Å². The largest absolute Gasteiger partial charge is 0.277 e. The maximum absolute atomic E-state index is 12.2. The Bertz CT molecular complexity index is 815. The van der Waals surface area contributed by atoms with E-state index in [2.05, 4.69) is 10.2 Å². The molecular formula is C14H14N4O.